The molecule has 4 heteroatoms. The van der Waals surface area contributed by atoms with Gasteiger partial charge in [-0.2, -0.15) is 5.26 Å². The highest BCUT2D eigenvalue weighted by Crippen LogP contribution is 2.16. The standard InChI is InChI=1S/C17H16N2O2/c1-12-7-9-15(10-8-12)21-13(2)17(20)19-16-6-4-3-5-14(16)11-18/h3-10,13H,1-2H3,(H,19,20)/t13-/m0/s1. The quantitative estimate of drug-likeness (QED) is 0.935. The maximum absolute atomic E-state index is 12.1. The van der Waals surface area contributed by atoms with Crippen LogP contribution in [-0.2, 0) is 4.79 Å². The van der Waals surface area contributed by atoms with Crippen LogP contribution in [0.25, 0.3) is 0 Å². The number of amides is 1. The topological polar surface area (TPSA) is 62.1 Å². The second kappa shape index (κ2) is 6.58. The Morgan fingerprint density at radius 1 is 1.19 bits per heavy atom. The molecule has 0 unspecified atom stereocenters. The first kappa shape index (κ1) is 14.6. The molecular formula is C17H16N2O2. The molecule has 1 amide bonds. The van der Waals surface area contributed by atoms with Crippen LogP contribution in [0.1, 0.15) is 18.1 Å². The molecule has 0 aliphatic carbocycles. The number of carbonyl (C=O) groups excluding carboxylic acids is 1. The molecule has 2 rings (SSSR count). The van der Waals surface area contributed by atoms with Gasteiger partial charge in [0.25, 0.3) is 5.91 Å². The number of anilines is 1. The molecule has 0 aliphatic rings. The van der Waals surface area contributed by atoms with Gasteiger partial charge in [-0.3, -0.25) is 4.79 Å². The van der Waals surface area contributed by atoms with Crippen molar-refractivity contribution in [1.82, 2.24) is 0 Å². The van der Waals surface area contributed by atoms with Crippen molar-refractivity contribution in [2.75, 3.05) is 5.32 Å². The average molecular weight is 280 g/mol. The Balaban J connectivity index is 2.03. The predicted molar refractivity (Wildman–Crippen MR) is 81.1 cm³/mol. The fourth-order valence-electron chi connectivity index (χ4n) is 1.80. The zero-order valence-corrected chi connectivity index (χ0v) is 12.0. The molecule has 0 spiro atoms. The van der Waals surface area contributed by atoms with Gasteiger partial charge in [0, 0.05) is 0 Å². The van der Waals surface area contributed by atoms with E-state index in [9.17, 15) is 4.79 Å². The minimum atomic E-state index is -0.653. The molecule has 0 fully saturated rings. The van der Waals surface area contributed by atoms with Gasteiger partial charge in [-0.15, -0.1) is 0 Å². The van der Waals surface area contributed by atoms with Gasteiger partial charge in [-0.1, -0.05) is 29.8 Å². The number of rotatable bonds is 4. The second-order valence-electron chi connectivity index (χ2n) is 4.72. The van der Waals surface area contributed by atoms with E-state index in [1.807, 2.05) is 37.3 Å². The smallest absolute Gasteiger partial charge is 0.265 e. The lowest BCUT2D eigenvalue weighted by Crippen LogP contribution is -2.30. The highest BCUT2D eigenvalue weighted by molar-refractivity contribution is 5.95. The van der Waals surface area contributed by atoms with Crippen LogP contribution in [0.5, 0.6) is 5.75 Å². The number of benzene rings is 2. The summed E-state index contributed by atoms with van der Waals surface area (Å²) in [5.41, 5.74) is 2.04. The van der Waals surface area contributed by atoms with Crippen molar-refractivity contribution in [3.8, 4) is 11.8 Å². The minimum absolute atomic E-state index is 0.293. The van der Waals surface area contributed by atoms with Gasteiger partial charge in [0.15, 0.2) is 6.10 Å². The van der Waals surface area contributed by atoms with Gasteiger partial charge in [0.2, 0.25) is 0 Å². The van der Waals surface area contributed by atoms with Crippen LogP contribution in [0, 0.1) is 18.3 Å². The van der Waals surface area contributed by atoms with Crippen LogP contribution in [0.15, 0.2) is 48.5 Å². The summed E-state index contributed by atoms with van der Waals surface area (Å²) < 4.78 is 5.58. The van der Waals surface area contributed by atoms with Gasteiger partial charge in [0.1, 0.15) is 11.8 Å². The predicted octanol–water partition coefficient (Wildman–Crippen LogP) is 3.27. The number of nitrogens with zero attached hydrogens (tertiary/aromatic N) is 1. The molecule has 1 atom stereocenters. The molecule has 2 aromatic rings. The summed E-state index contributed by atoms with van der Waals surface area (Å²) in [5, 5.41) is 11.7. The van der Waals surface area contributed by atoms with E-state index in [4.69, 9.17) is 10.00 Å². The van der Waals surface area contributed by atoms with Crippen molar-refractivity contribution in [2.45, 2.75) is 20.0 Å². The number of nitrogens with one attached hydrogen (secondary N) is 1. The number of aryl methyl sites for hydroxylation is 1. The summed E-state index contributed by atoms with van der Waals surface area (Å²) in [5.74, 6) is 0.343. The minimum Gasteiger partial charge on any atom is -0.481 e. The second-order valence-corrected chi connectivity index (χ2v) is 4.72. The normalized spacial score (nSPS) is 11.3. The van der Waals surface area contributed by atoms with Crippen molar-refractivity contribution in [1.29, 1.82) is 5.26 Å². The largest absolute Gasteiger partial charge is 0.481 e. The highest BCUT2D eigenvalue weighted by Gasteiger charge is 2.16. The van der Waals surface area contributed by atoms with E-state index >= 15 is 0 Å². The van der Waals surface area contributed by atoms with Gasteiger partial charge < -0.3 is 10.1 Å². The maximum Gasteiger partial charge on any atom is 0.265 e. The number of ether oxygens (including phenoxy) is 1. The SMILES string of the molecule is Cc1ccc(O[C@@H](C)C(=O)Nc2ccccc2C#N)cc1. The summed E-state index contributed by atoms with van der Waals surface area (Å²) in [6.45, 7) is 3.66. The zero-order valence-electron chi connectivity index (χ0n) is 12.0. The Kier molecular flexibility index (Phi) is 4.57. The number of hydrogen-bond acceptors (Lipinski definition) is 3. The van der Waals surface area contributed by atoms with Crippen LogP contribution in [0.3, 0.4) is 0 Å². The molecule has 0 saturated heterocycles. The molecule has 0 saturated carbocycles. The molecule has 21 heavy (non-hydrogen) atoms. The van der Waals surface area contributed by atoms with Crippen LogP contribution in [0.4, 0.5) is 5.69 Å². The lowest BCUT2D eigenvalue weighted by molar-refractivity contribution is -0.122. The third kappa shape index (κ3) is 3.83. The lowest BCUT2D eigenvalue weighted by Gasteiger charge is -2.15. The Bertz CT molecular complexity index is 672. The Morgan fingerprint density at radius 3 is 2.52 bits per heavy atom. The van der Waals surface area contributed by atoms with Gasteiger partial charge in [0.05, 0.1) is 11.3 Å². The van der Waals surface area contributed by atoms with Crippen molar-refractivity contribution < 1.29 is 9.53 Å². The highest BCUT2D eigenvalue weighted by atomic mass is 16.5. The summed E-state index contributed by atoms with van der Waals surface area (Å²) in [6, 6.07) is 16.4. The number of para-hydroxylation sites is 1. The average Bonchev–Trinajstić information content (AvgIpc) is 2.50. The molecule has 2 aromatic carbocycles. The fourth-order valence-corrected chi connectivity index (χ4v) is 1.80. The van der Waals surface area contributed by atoms with E-state index < -0.39 is 6.10 Å². The molecule has 0 bridgehead atoms. The summed E-state index contributed by atoms with van der Waals surface area (Å²) in [6.07, 6.45) is -0.653. The number of hydrogen-bond donors (Lipinski definition) is 1. The molecular weight excluding hydrogens is 264 g/mol. The molecule has 0 aliphatic heterocycles. The zero-order chi connectivity index (χ0) is 15.2. The lowest BCUT2D eigenvalue weighted by atomic mass is 10.2. The van der Waals surface area contributed by atoms with Gasteiger partial charge in [-0.05, 0) is 38.1 Å². The van der Waals surface area contributed by atoms with E-state index in [1.54, 1.807) is 31.2 Å². The third-order valence-electron chi connectivity index (χ3n) is 3.01. The first-order chi connectivity index (χ1) is 10.1. The summed E-state index contributed by atoms with van der Waals surface area (Å²) in [4.78, 5) is 12.1. The summed E-state index contributed by atoms with van der Waals surface area (Å²) in [7, 11) is 0. The van der Waals surface area contributed by atoms with E-state index in [-0.39, 0.29) is 5.91 Å². The molecule has 4 nitrogen and oxygen atoms in total. The van der Waals surface area contributed by atoms with E-state index in [0.29, 0.717) is 17.0 Å². The van der Waals surface area contributed by atoms with Crippen molar-refractivity contribution in [2.24, 2.45) is 0 Å². The van der Waals surface area contributed by atoms with Crippen LogP contribution < -0.4 is 10.1 Å². The Labute approximate surface area is 124 Å². The van der Waals surface area contributed by atoms with E-state index in [1.165, 1.54) is 0 Å². The van der Waals surface area contributed by atoms with E-state index in [0.717, 1.165) is 5.56 Å². The molecule has 0 heterocycles. The van der Waals surface area contributed by atoms with E-state index in [2.05, 4.69) is 5.32 Å². The molecule has 1 N–H and O–H groups in total. The first-order valence-corrected chi connectivity index (χ1v) is 6.63. The molecule has 0 aromatic heterocycles. The summed E-state index contributed by atoms with van der Waals surface area (Å²) >= 11 is 0. The van der Waals surface area contributed by atoms with Crippen LogP contribution >= 0.6 is 0 Å². The monoisotopic (exact) mass is 280 g/mol. The van der Waals surface area contributed by atoms with Crippen LogP contribution in [0.2, 0.25) is 0 Å². The van der Waals surface area contributed by atoms with Crippen molar-refractivity contribution in [3.05, 3.63) is 59.7 Å². The fraction of sp³-hybridized carbons (Fsp3) is 0.176. The number of carbonyl (C=O) groups is 1. The van der Waals surface area contributed by atoms with Crippen molar-refractivity contribution in [3.63, 3.8) is 0 Å². The maximum atomic E-state index is 12.1. The molecule has 106 valence electrons. The van der Waals surface area contributed by atoms with Crippen LogP contribution in [-0.4, -0.2) is 12.0 Å². The van der Waals surface area contributed by atoms with Gasteiger partial charge in [-0.25, -0.2) is 0 Å². The third-order valence-corrected chi connectivity index (χ3v) is 3.01. The Morgan fingerprint density at radius 2 is 1.86 bits per heavy atom. The van der Waals surface area contributed by atoms with Gasteiger partial charge >= 0.3 is 0 Å². The number of nitriles is 1. The molecule has 0 radical (unpaired) electrons. The Hall–Kier alpha value is -2.80. The first-order valence-electron chi connectivity index (χ1n) is 6.63. The van der Waals surface area contributed by atoms with Crippen molar-refractivity contribution >= 4 is 11.6 Å².